The minimum atomic E-state index is -3.59. The molecule has 0 amide bonds. The van der Waals surface area contributed by atoms with Crippen LogP contribution in [0.1, 0.15) is 23.4 Å². The molecule has 0 fully saturated rings. The van der Waals surface area contributed by atoms with E-state index in [0.29, 0.717) is 18.7 Å². The minimum Gasteiger partial charge on any atom is -0.316 e. The van der Waals surface area contributed by atoms with E-state index in [9.17, 15) is 8.42 Å². The number of hydrogen-bond acceptors (Lipinski definition) is 6. The summed E-state index contributed by atoms with van der Waals surface area (Å²) < 4.78 is 27.1. The van der Waals surface area contributed by atoms with Crippen LogP contribution in [0.2, 0.25) is 0 Å². The predicted molar refractivity (Wildman–Crippen MR) is 77.1 cm³/mol. The molecule has 0 aliphatic heterocycles. The summed E-state index contributed by atoms with van der Waals surface area (Å²) in [6.45, 7) is 2.67. The molecule has 2 aromatic rings. The molecule has 0 bridgehead atoms. The van der Waals surface area contributed by atoms with Gasteiger partial charge >= 0.3 is 0 Å². The van der Waals surface area contributed by atoms with Gasteiger partial charge in [0.05, 0.1) is 11.2 Å². The van der Waals surface area contributed by atoms with Gasteiger partial charge in [0.1, 0.15) is 0 Å². The zero-order chi connectivity index (χ0) is 14.6. The molecule has 0 aromatic carbocycles. The van der Waals surface area contributed by atoms with Crippen molar-refractivity contribution in [2.45, 2.75) is 24.4 Å². The third-order valence-electron chi connectivity index (χ3n) is 2.77. The maximum Gasteiger partial charge on any atom is 0.257 e. The zero-order valence-corrected chi connectivity index (χ0v) is 12.9. The van der Waals surface area contributed by atoms with Gasteiger partial charge < -0.3 is 5.32 Å². The number of thiazole rings is 1. The Balaban J connectivity index is 2.06. The molecule has 0 saturated carbocycles. The number of H-pyrrole nitrogens is 1. The van der Waals surface area contributed by atoms with E-state index in [1.165, 1.54) is 17.5 Å². The Morgan fingerprint density at radius 3 is 2.95 bits per heavy atom. The molecular formula is C11H17N5O2S2. The number of aromatic nitrogens is 3. The van der Waals surface area contributed by atoms with Gasteiger partial charge in [0.25, 0.3) is 10.0 Å². The highest BCUT2D eigenvalue weighted by atomic mass is 32.2. The van der Waals surface area contributed by atoms with Crippen molar-refractivity contribution >= 4 is 21.4 Å². The molecule has 2 heterocycles. The maximum absolute atomic E-state index is 12.2. The first-order valence-electron chi connectivity index (χ1n) is 6.10. The lowest BCUT2D eigenvalue weighted by atomic mass is 10.2. The molecule has 9 heteroatoms. The van der Waals surface area contributed by atoms with E-state index in [4.69, 9.17) is 0 Å². The van der Waals surface area contributed by atoms with E-state index >= 15 is 0 Å². The lowest BCUT2D eigenvalue weighted by Gasteiger charge is -2.10. The van der Waals surface area contributed by atoms with Gasteiger partial charge in [-0.15, -0.1) is 11.3 Å². The number of nitrogens with zero attached hydrogens (tertiary/aromatic N) is 2. The average molecular weight is 315 g/mol. The number of sulfonamides is 1. The summed E-state index contributed by atoms with van der Waals surface area (Å²) in [4.78, 5) is 4.18. The molecule has 0 radical (unpaired) electrons. The number of hydrogen-bond donors (Lipinski definition) is 3. The summed E-state index contributed by atoms with van der Waals surface area (Å²) in [6, 6.07) is 0. The summed E-state index contributed by atoms with van der Waals surface area (Å²) in [6.07, 6.45) is 3.22. The van der Waals surface area contributed by atoms with Gasteiger partial charge in [-0.3, -0.25) is 5.10 Å². The van der Waals surface area contributed by atoms with Crippen LogP contribution in [0, 0.1) is 0 Å². The fraction of sp³-hybridized carbons (Fsp3) is 0.455. The predicted octanol–water partition coefficient (Wildman–Crippen LogP) is 0.668. The van der Waals surface area contributed by atoms with E-state index in [2.05, 4.69) is 25.2 Å². The van der Waals surface area contributed by atoms with Crippen LogP contribution in [0.5, 0.6) is 0 Å². The van der Waals surface area contributed by atoms with Crippen molar-refractivity contribution in [3.8, 4) is 0 Å². The molecular weight excluding hydrogens is 298 g/mol. The Hall–Kier alpha value is -1.29. The SMILES string of the molecule is CNCc1cn[nH]c1S(=O)(=O)NCC(C)c1nccs1. The normalized spacial score (nSPS) is 13.5. The monoisotopic (exact) mass is 315 g/mol. The molecule has 20 heavy (non-hydrogen) atoms. The minimum absolute atomic E-state index is 0.0282. The second-order valence-corrected chi connectivity index (χ2v) is 7.01. The molecule has 2 rings (SSSR count). The van der Waals surface area contributed by atoms with E-state index in [0.717, 1.165) is 5.01 Å². The zero-order valence-electron chi connectivity index (χ0n) is 11.3. The van der Waals surface area contributed by atoms with Crippen molar-refractivity contribution < 1.29 is 8.42 Å². The molecule has 2 aromatic heterocycles. The third-order valence-corrected chi connectivity index (χ3v) is 5.21. The van der Waals surface area contributed by atoms with Gasteiger partial charge in [0, 0.05) is 36.1 Å². The van der Waals surface area contributed by atoms with Crippen LogP contribution in [0.4, 0.5) is 0 Å². The highest BCUT2D eigenvalue weighted by Gasteiger charge is 2.21. The van der Waals surface area contributed by atoms with Crippen molar-refractivity contribution in [1.29, 1.82) is 0 Å². The summed E-state index contributed by atoms with van der Waals surface area (Å²) in [5.41, 5.74) is 0.613. The van der Waals surface area contributed by atoms with E-state index in [1.807, 2.05) is 12.3 Å². The van der Waals surface area contributed by atoms with Crippen LogP contribution < -0.4 is 10.0 Å². The van der Waals surface area contributed by atoms with Crippen molar-refractivity contribution in [1.82, 2.24) is 25.2 Å². The van der Waals surface area contributed by atoms with Crippen molar-refractivity contribution in [3.05, 3.63) is 28.3 Å². The molecule has 0 saturated heterocycles. The van der Waals surface area contributed by atoms with Gasteiger partial charge in [0.2, 0.25) is 0 Å². The maximum atomic E-state index is 12.2. The molecule has 3 N–H and O–H groups in total. The number of aromatic amines is 1. The first kappa shape index (κ1) is 15.1. The van der Waals surface area contributed by atoms with E-state index < -0.39 is 10.0 Å². The van der Waals surface area contributed by atoms with E-state index in [-0.39, 0.29) is 10.9 Å². The molecule has 0 aliphatic carbocycles. The van der Waals surface area contributed by atoms with Crippen LogP contribution in [0.3, 0.4) is 0 Å². The summed E-state index contributed by atoms with van der Waals surface area (Å²) in [7, 11) is -1.84. The summed E-state index contributed by atoms with van der Waals surface area (Å²) in [5, 5.41) is 12.1. The fourth-order valence-electron chi connectivity index (χ4n) is 1.72. The molecule has 1 unspecified atom stereocenters. The number of rotatable bonds is 7. The summed E-state index contributed by atoms with van der Waals surface area (Å²) in [5.74, 6) is 0.0282. The van der Waals surface area contributed by atoms with Crippen molar-refractivity contribution in [2.75, 3.05) is 13.6 Å². The fourth-order valence-corrected chi connectivity index (χ4v) is 3.68. The Morgan fingerprint density at radius 2 is 2.30 bits per heavy atom. The topological polar surface area (TPSA) is 99.8 Å². The van der Waals surface area contributed by atoms with Crippen molar-refractivity contribution in [3.63, 3.8) is 0 Å². The van der Waals surface area contributed by atoms with Crippen LogP contribution >= 0.6 is 11.3 Å². The van der Waals surface area contributed by atoms with Crippen LogP contribution in [0.25, 0.3) is 0 Å². The molecule has 7 nitrogen and oxygen atoms in total. The summed E-state index contributed by atoms with van der Waals surface area (Å²) >= 11 is 1.51. The van der Waals surface area contributed by atoms with Gasteiger partial charge in [-0.2, -0.15) is 5.10 Å². The van der Waals surface area contributed by atoms with Crippen molar-refractivity contribution in [2.24, 2.45) is 0 Å². The second kappa shape index (κ2) is 6.44. The van der Waals surface area contributed by atoms with Gasteiger partial charge in [-0.25, -0.2) is 18.1 Å². The van der Waals surface area contributed by atoms with Crippen LogP contribution in [-0.2, 0) is 16.6 Å². The standard InChI is InChI=1S/C11H17N5O2S2/c1-8(10-13-3-4-19-10)5-15-20(17,18)11-9(6-12-2)7-14-16-11/h3-4,7-8,12,15H,5-6H2,1-2H3,(H,14,16). The van der Waals surface area contributed by atoms with Gasteiger partial charge in [-0.05, 0) is 7.05 Å². The first-order chi connectivity index (χ1) is 9.54. The third kappa shape index (κ3) is 3.42. The Kier molecular flexibility index (Phi) is 4.86. The second-order valence-electron chi connectivity index (χ2n) is 4.38. The quantitative estimate of drug-likeness (QED) is 0.697. The van der Waals surface area contributed by atoms with E-state index in [1.54, 1.807) is 13.2 Å². The molecule has 110 valence electrons. The highest BCUT2D eigenvalue weighted by molar-refractivity contribution is 7.89. The van der Waals surface area contributed by atoms with Gasteiger partial charge in [-0.1, -0.05) is 6.92 Å². The smallest absolute Gasteiger partial charge is 0.257 e. The largest absolute Gasteiger partial charge is 0.316 e. The highest BCUT2D eigenvalue weighted by Crippen LogP contribution is 2.18. The Bertz CT molecular complexity index is 636. The lowest BCUT2D eigenvalue weighted by Crippen LogP contribution is -2.29. The lowest BCUT2D eigenvalue weighted by molar-refractivity contribution is 0.568. The Labute approximate surface area is 121 Å². The van der Waals surface area contributed by atoms with Crippen LogP contribution in [-0.4, -0.2) is 37.2 Å². The number of nitrogens with one attached hydrogen (secondary N) is 3. The van der Waals surface area contributed by atoms with Gasteiger partial charge in [0.15, 0.2) is 5.03 Å². The first-order valence-corrected chi connectivity index (χ1v) is 8.46. The molecule has 0 spiro atoms. The molecule has 0 aliphatic rings. The molecule has 1 atom stereocenters. The Morgan fingerprint density at radius 1 is 1.50 bits per heavy atom. The van der Waals surface area contributed by atoms with Crippen LogP contribution in [0.15, 0.2) is 22.8 Å². The average Bonchev–Trinajstić information content (AvgIpc) is 3.07.